The number of phenols is 2. The Morgan fingerprint density at radius 3 is 2.40 bits per heavy atom. The van der Waals surface area contributed by atoms with Crippen molar-refractivity contribution in [2.45, 2.75) is 25.5 Å². The lowest BCUT2D eigenvalue weighted by atomic mass is 10.00. The van der Waals surface area contributed by atoms with Gasteiger partial charge in [0.2, 0.25) is 0 Å². The molecule has 1 aromatic carbocycles. The summed E-state index contributed by atoms with van der Waals surface area (Å²) in [6.45, 7) is 1.81. The molecule has 0 spiro atoms. The van der Waals surface area contributed by atoms with Crippen LogP contribution in [0.2, 0.25) is 0 Å². The van der Waals surface area contributed by atoms with E-state index >= 15 is 0 Å². The largest absolute Gasteiger partial charge is 0.508 e. The Morgan fingerprint density at radius 2 is 1.93 bits per heavy atom. The molecule has 1 rings (SSSR count). The van der Waals surface area contributed by atoms with E-state index in [0.29, 0.717) is 12.0 Å². The first kappa shape index (κ1) is 14.0. The van der Waals surface area contributed by atoms with E-state index in [1.54, 1.807) is 0 Å². The van der Waals surface area contributed by atoms with E-state index in [1.807, 2.05) is 6.92 Å². The number of hydrogen-bond donors (Lipinski definition) is 4. The van der Waals surface area contributed by atoms with Crippen LogP contribution in [0.3, 0.4) is 0 Å². The fraction of sp³-hybridized carbons (Fsp3) is 0.400. The molecule has 0 saturated carbocycles. The summed E-state index contributed by atoms with van der Waals surface area (Å²) in [4.78, 5) is 0. The van der Waals surface area contributed by atoms with Gasteiger partial charge in [0.25, 0.3) is 0 Å². The molecule has 0 aliphatic rings. The molecule has 0 bridgehead atoms. The zero-order valence-corrected chi connectivity index (χ0v) is 9.24. The molecule has 0 radical (unpaired) electrons. The molecule has 1 aromatic rings. The maximum absolute atomic E-state index is 9.48. The van der Waals surface area contributed by atoms with E-state index in [9.17, 15) is 10.2 Å². The van der Waals surface area contributed by atoms with Crippen LogP contribution in [0.1, 0.15) is 24.9 Å². The van der Waals surface area contributed by atoms with Crippen LogP contribution in [-0.2, 0) is 0 Å². The molecule has 5 N–H and O–H groups in total. The minimum absolute atomic E-state index is 0. The summed E-state index contributed by atoms with van der Waals surface area (Å²) < 4.78 is 0. The molecule has 0 fully saturated rings. The Balaban J connectivity index is 0.00000196. The van der Waals surface area contributed by atoms with Crippen LogP contribution >= 0.6 is 12.4 Å². The molecule has 0 unspecified atom stereocenters. The maximum Gasteiger partial charge on any atom is 0.124 e. The number of aliphatic hydroxyl groups is 1. The molecule has 0 aromatic heterocycles. The van der Waals surface area contributed by atoms with Crippen molar-refractivity contribution in [3.8, 4) is 11.5 Å². The second-order valence-electron chi connectivity index (χ2n) is 3.24. The van der Waals surface area contributed by atoms with Crippen molar-refractivity contribution in [1.82, 2.24) is 0 Å². The van der Waals surface area contributed by atoms with E-state index in [1.165, 1.54) is 18.2 Å². The normalized spacial score (nSPS) is 14.1. The molecule has 0 aliphatic heterocycles. The molecule has 0 amide bonds. The highest BCUT2D eigenvalue weighted by Gasteiger charge is 2.18. The second-order valence-corrected chi connectivity index (χ2v) is 3.24. The first-order valence-corrected chi connectivity index (χ1v) is 4.51. The van der Waals surface area contributed by atoms with Crippen LogP contribution in [0.5, 0.6) is 11.5 Å². The predicted octanol–water partition coefficient (Wildman–Crippen LogP) is 1.29. The summed E-state index contributed by atoms with van der Waals surface area (Å²) in [6.07, 6.45) is -0.174. The van der Waals surface area contributed by atoms with Crippen LogP contribution in [0.25, 0.3) is 0 Å². The van der Waals surface area contributed by atoms with Gasteiger partial charge in [0.1, 0.15) is 11.5 Å². The van der Waals surface area contributed by atoms with Crippen LogP contribution in [0, 0.1) is 0 Å². The number of hydrogen-bond acceptors (Lipinski definition) is 4. The number of benzene rings is 1. The van der Waals surface area contributed by atoms with Crippen molar-refractivity contribution in [3.63, 3.8) is 0 Å². The standard InChI is InChI=1S/C10H15NO3.ClH/c1-2-8(13)10(11)7-4-3-6(12)5-9(7)14;/h3-5,8,10,12-14H,2,11H2,1H3;1H/t8-,10+;/m0./s1. The quantitative estimate of drug-likeness (QED) is 0.634. The minimum atomic E-state index is -0.689. The van der Waals surface area contributed by atoms with Crippen LogP contribution in [-0.4, -0.2) is 21.4 Å². The van der Waals surface area contributed by atoms with Crippen molar-refractivity contribution in [2.75, 3.05) is 0 Å². The Hall–Kier alpha value is -0.970. The summed E-state index contributed by atoms with van der Waals surface area (Å²) in [6, 6.07) is 3.52. The third-order valence-electron chi connectivity index (χ3n) is 2.21. The summed E-state index contributed by atoms with van der Waals surface area (Å²) >= 11 is 0. The fourth-order valence-electron chi connectivity index (χ4n) is 1.28. The molecule has 0 heterocycles. The Kier molecular flexibility index (Phi) is 5.43. The molecular weight excluding hydrogens is 218 g/mol. The van der Waals surface area contributed by atoms with Crippen LogP contribution in [0.15, 0.2) is 18.2 Å². The van der Waals surface area contributed by atoms with E-state index in [4.69, 9.17) is 10.8 Å². The van der Waals surface area contributed by atoms with Gasteiger partial charge in [-0.3, -0.25) is 0 Å². The van der Waals surface area contributed by atoms with Gasteiger partial charge in [-0.25, -0.2) is 0 Å². The lowest BCUT2D eigenvalue weighted by molar-refractivity contribution is 0.139. The van der Waals surface area contributed by atoms with Crippen molar-refractivity contribution >= 4 is 12.4 Å². The van der Waals surface area contributed by atoms with Crippen molar-refractivity contribution in [1.29, 1.82) is 0 Å². The molecule has 15 heavy (non-hydrogen) atoms. The second kappa shape index (κ2) is 5.80. The number of rotatable bonds is 3. The van der Waals surface area contributed by atoms with Gasteiger partial charge in [0.15, 0.2) is 0 Å². The number of aliphatic hydroxyl groups excluding tert-OH is 1. The molecule has 2 atom stereocenters. The summed E-state index contributed by atoms with van der Waals surface area (Å²) in [5.74, 6) is -0.116. The minimum Gasteiger partial charge on any atom is -0.508 e. The highest BCUT2D eigenvalue weighted by atomic mass is 35.5. The third kappa shape index (κ3) is 3.27. The van der Waals surface area contributed by atoms with Crippen molar-refractivity contribution in [3.05, 3.63) is 23.8 Å². The number of aromatic hydroxyl groups is 2. The lowest BCUT2D eigenvalue weighted by Crippen LogP contribution is -2.25. The van der Waals surface area contributed by atoms with Gasteiger partial charge in [-0.05, 0) is 18.6 Å². The first-order valence-electron chi connectivity index (χ1n) is 4.51. The van der Waals surface area contributed by atoms with E-state index < -0.39 is 12.1 Å². The molecule has 4 nitrogen and oxygen atoms in total. The van der Waals surface area contributed by atoms with E-state index in [2.05, 4.69) is 0 Å². The predicted molar refractivity (Wildman–Crippen MR) is 60.2 cm³/mol. The molecule has 86 valence electrons. The number of halogens is 1. The maximum atomic E-state index is 9.48. The fourth-order valence-corrected chi connectivity index (χ4v) is 1.28. The third-order valence-corrected chi connectivity index (χ3v) is 2.21. The SMILES string of the molecule is CC[C@H](O)[C@H](N)c1ccc(O)cc1O.Cl. The number of nitrogens with two attached hydrogens (primary N) is 1. The highest BCUT2D eigenvalue weighted by molar-refractivity contribution is 5.85. The Morgan fingerprint density at radius 1 is 1.33 bits per heavy atom. The van der Waals surface area contributed by atoms with Crippen molar-refractivity contribution < 1.29 is 15.3 Å². The Labute approximate surface area is 94.8 Å². The monoisotopic (exact) mass is 233 g/mol. The van der Waals surface area contributed by atoms with Gasteiger partial charge < -0.3 is 21.1 Å². The Bertz CT molecular complexity index is 320. The van der Waals surface area contributed by atoms with E-state index in [-0.39, 0.29) is 23.9 Å². The topological polar surface area (TPSA) is 86.7 Å². The average molecular weight is 234 g/mol. The first-order chi connectivity index (χ1) is 6.56. The molecule has 0 saturated heterocycles. The van der Waals surface area contributed by atoms with Crippen LogP contribution in [0.4, 0.5) is 0 Å². The highest BCUT2D eigenvalue weighted by Crippen LogP contribution is 2.28. The summed E-state index contributed by atoms with van der Waals surface area (Å²) in [5.41, 5.74) is 6.15. The molecular formula is C10H16ClNO3. The van der Waals surface area contributed by atoms with Gasteiger partial charge >= 0.3 is 0 Å². The van der Waals surface area contributed by atoms with Crippen molar-refractivity contribution in [2.24, 2.45) is 5.73 Å². The van der Waals surface area contributed by atoms with Gasteiger partial charge in [0, 0.05) is 11.6 Å². The lowest BCUT2D eigenvalue weighted by Gasteiger charge is -2.18. The van der Waals surface area contributed by atoms with Crippen LogP contribution < -0.4 is 5.73 Å². The summed E-state index contributed by atoms with van der Waals surface area (Å²) in [5, 5.41) is 28.0. The van der Waals surface area contributed by atoms with Gasteiger partial charge in [-0.15, -0.1) is 12.4 Å². The van der Waals surface area contributed by atoms with Gasteiger partial charge in [-0.2, -0.15) is 0 Å². The van der Waals surface area contributed by atoms with E-state index in [0.717, 1.165) is 0 Å². The average Bonchev–Trinajstić information content (AvgIpc) is 2.15. The van der Waals surface area contributed by atoms with Gasteiger partial charge in [0.05, 0.1) is 12.1 Å². The number of phenolic OH excluding ortho intramolecular Hbond substituents is 2. The smallest absolute Gasteiger partial charge is 0.124 e. The summed E-state index contributed by atoms with van der Waals surface area (Å²) in [7, 11) is 0. The zero-order valence-electron chi connectivity index (χ0n) is 8.42. The van der Waals surface area contributed by atoms with Gasteiger partial charge in [-0.1, -0.05) is 6.92 Å². The zero-order chi connectivity index (χ0) is 10.7. The molecule has 0 aliphatic carbocycles. The molecule has 5 heteroatoms.